The molecule has 15 heavy (non-hydrogen) atoms. The van der Waals surface area contributed by atoms with Gasteiger partial charge in [0.1, 0.15) is 10.8 Å². The Kier molecular flexibility index (Phi) is 4.07. The number of pyridine rings is 1. The molecule has 0 fully saturated rings. The summed E-state index contributed by atoms with van der Waals surface area (Å²) < 4.78 is 5.31. The standard InChI is InChI=1S/C10H10Cl2N2O/c1-4-6(2)15-10-8(12)5-7(11)9(13-3)14-10/h1,5-6H,2-3H3,(H,13,14). The van der Waals surface area contributed by atoms with Crippen molar-refractivity contribution in [2.45, 2.75) is 13.0 Å². The zero-order valence-electron chi connectivity index (χ0n) is 8.34. The lowest BCUT2D eigenvalue weighted by atomic mass is 10.4. The summed E-state index contributed by atoms with van der Waals surface area (Å²) in [5, 5.41) is 3.59. The zero-order valence-corrected chi connectivity index (χ0v) is 9.86. The fourth-order valence-electron chi connectivity index (χ4n) is 0.909. The third kappa shape index (κ3) is 2.92. The van der Waals surface area contributed by atoms with E-state index in [2.05, 4.69) is 16.2 Å². The molecule has 1 atom stereocenters. The van der Waals surface area contributed by atoms with E-state index in [9.17, 15) is 0 Å². The smallest absolute Gasteiger partial charge is 0.235 e. The molecule has 1 rings (SSSR count). The van der Waals surface area contributed by atoms with Gasteiger partial charge in [0.2, 0.25) is 5.88 Å². The second kappa shape index (κ2) is 5.11. The molecule has 80 valence electrons. The molecule has 1 aromatic heterocycles. The molecule has 0 radical (unpaired) electrons. The van der Waals surface area contributed by atoms with Crippen LogP contribution in [0.5, 0.6) is 5.88 Å². The Labute approximate surface area is 98.7 Å². The number of rotatable bonds is 3. The molecular formula is C10H10Cl2N2O. The normalized spacial score (nSPS) is 11.7. The third-order valence-electron chi connectivity index (χ3n) is 1.66. The number of aromatic nitrogens is 1. The van der Waals surface area contributed by atoms with E-state index in [1.807, 2.05) is 0 Å². The van der Waals surface area contributed by atoms with E-state index in [1.165, 1.54) is 0 Å². The minimum atomic E-state index is -0.388. The Bertz CT molecular complexity index is 401. The van der Waals surface area contributed by atoms with Crippen molar-refractivity contribution in [3.05, 3.63) is 16.1 Å². The van der Waals surface area contributed by atoms with E-state index in [0.29, 0.717) is 15.9 Å². The molecule has 5 heteroatoms. The van der Waals surface area contributed by atoms with Gasteiger partial charge in [-0.25, -0.2) is 0 Å². The highest BCUT2D eigenvalue weighted by atomic mass is 35.5. The number of halogens is 2. The fraction of sp³-hybridized carbons (Fsp3) is 0.300. The average Bonchev–Trinajstić information content (AvgIpc) is 2.21. The van der Waals surface area contributed by atoms with Crippen molar-refractivity contribution < 1.29 is 4.74 Å². The van der Waals surface area contributed by atoms with Crippen molar-refractivity contribution in [2.75, 3.05) is 12.4 Å². The number of terminal acetylenes is 1. The topological polar surface area (TPSA) is 34.1 Å². The summed E-state index contributed by atoms with van der Waals surface area (Å²) in [6.07, 6.45) is 4.79. The fourth-order valence-corrected chi connectivity index (χ4v) is 1.41. The highest BCUT2D eigenvalue weighted by Gasteiger charge is 2.11. The first-order valence-electron chi connectivity index (χ1n) is 4.25. The molecule has 1 N–H and O–H groups in total. The van der Waals surface area contributed by atoms with Gasteiger partial charge in [0.25, 0.3) is 0 Å². The van der Waals surface area contributed by atoms with Gasteiger partial charge < -0.3 is 10.1 Å². The first kappa shape index (κ1) is 12.0. The van der Waals surface area contributed by atoms with Gasteiger partial charge in [-0.15, -0.1) is 6.42 Å². The van der Waals surface area contributed by atoms with Gasteiger partial charge in [-0.1, -0.05) is 29.1 Å². The van der Waals surface area contributed by atoms with Crippen LogP contribution in [-0.4, -0.2) is 18.1 Å². The van der Waals surface area contributed by atoms with E-state index in [1.54, 1.807) is 20.0 Å². The quantitative estimate of drug-likeness (QED) is 0.831. The summed E-state index contributed by atoms with van der Waals surface area (Å²) in [5.41, 5.74) is 0. The van der Waals surface area contributed by atoms with Crippen LogP contribution in [0.1, 0.15) is 6.92 Å². The molecule has 1 unspecified atom stereocenters. The van der Waals surface area contributed by atoms with Gasteiger partial charge in [0.15, 0.2) is 6.10 Å². The second-order valence-corrected chi connectivity index (χ2v) is 3.60. The molecule has 0 aliphatic heterocycles. The second-order valence-electron chi connectivity index (χ2n) is 2.78. The van der Waals surface area contributed by atoms with Gasteiger partial charge in [-0.3, -0.25) is 0 Å². The van der Waals surface area contributed by atoms with Crippen LogP contribution < -0.4 is 10.1 Å². The summed E-state index contributed by atoms with van der Waals surface area (Å²) in [6, 6.07) is 1.56. The van der Waals surface area contributed by atoms with Gasteiger partial charge in [-0.05, 0) is 13.0 Å². The van der Waals surface area contributed by atoms with E-state index in [-0.39, 0.29) is 12.0 Å². The molecule has 0 aromatic carbocycles. The summed E-state index contributed by atoms with van der Waals surface area (Å²) in [7, 11) is 1.70. The van der Waals surface area contributed by atoms with Crippen molar-refractivity contribution in [3.8, 4) is 18.2 Å². The lowest BCUT2D eigenvalue weighted by Crippen LogP contribution is -2.10. The van der Waals surface area contributed by atoms with Crippen LogP contribution in [-0.2, 0) is 0 Å². The van der Waals surface area contributed by atoms with Crippen LogP contribution in [0, 0.1) is 12.3 Å². The summed E-state index contributed by atoms with van der Waals surface area (Å²) in [4.78, 5) is 4.09. The number of anilines is 1. The number of hydrogen-bond donors (Lipinski definition) is 1. The molecule has 0 saturated heterocycles. The van der Waals surface area contributed by atoms with Gasteiger partial charge >= 0.3 is 0 Å². The SMILES string of the molecule is C#CC(C)Oc1nc(NC)c(Cl)cc1Cl. The number of nitrogens with zero attached hydrogens (tertiary/aromatic N) is 1. The van der Waals surface area contributed by atoms with Crippen LogP contribution in [0.25, 0.3) is 0 Å². The molecule has 1 aromatic rings. The number of nitrogens with one attached hydrogen (secondary N) is 1. The van der Waals surface area contributed by atoms with Crippen LogP contribution in [0.2, 0.25) is 10.0 Å². The number of hydrogen-bond acceptors (Lipinski definition) is 3. The molecule has 1 heterocycles. The number of ether oxygens (including phenoxy) is 1. The minimum Gasteiger partial charge on any atom is -0.460 e. The molecule has 0 bridgehead atoms. The van der Waals surface area contributed by atoms with Crippen LogP contribution >= 0.6 is 23.2 Å². The Hall–Kier alpha value is -1.11. The monoisotopic (exact) mass is 244 g/mol. The van der Waals surface area contributed by atoms with Gasteiger partial charge in [-0.2, -0.15) is 4.98 Å². The molecule has 0 saturated carbocycles. The van der Waals surface area contributed by atoms with Crippen LogP contribution in [0.3, 0.4) is 0 Å². The lowest BCUT2D eigenvalue weighted by Gasteiger charge is -2.11. The predicted molar refractivity (Wildman–Crippen MR) is 62.7 cm³/mol. The van der Waals surface area contributed by atoms with Crippen molar-refractivity contribution in [3.63, 3.8) is 0 Å². The van der Waals surface area contributed by atoms with Crippen molar-refractivity contribution in [1.29, 1.82) is 0 Å². The predicted octanol–water partition coefficient (Wildman–Crippen LogP) is 2.83. The van der Waals surface area contributed by atoms with Crippen LogP contribution in [0.4, 0.5) is 5.82 Å². The average molecular weight is 245 g/mol. The molecule has 3 nitrogen and oxygen atoms in total. The Morgan fingerprint density at radius 1 is 1.53 bits per heavy atom. The maximum Gasteiger partial charge on any atom is 0.235 e. The molecule has 0 aliphatic carbocycles. The third-order valence-corrected chi connectivity index (χ3v) is 2.22. The van der Waals surface area contributed by atoms with Gasteiger partial charge in [0.05, 0.1) is 5.02 Å². The molecule has 0 spiro atoms. The van der Waals surface area contributed by atoms with E-state index in [0.717, 1.165) is 0 Å². The van der Waals surface area contributed by atoms with E-state index >= 15 is 0 Å². The van der Waals surface area contributed by atoms with Crippen molar-refractivity contribution in [1.82, 2.24) is 4.98 Å². The van der Waals surface area contributed by atoms with E-state index < -0.39 is 0 Å². The molecule has 0 aliphatic rings. The van der Waals surface area contributed by atoms with E-state index in [4.69, 9.17) is 34.4 Å². The Morgan fingerprint density at radius 2 is 2.20 bits per heavy atom. The van der Waals surface area contributed by atoms with Crippen molar-refractivity contribution in [2.24, 2.45) is 0 Å². The van der Waals surface area contributed by atoms with Crippen molar-refractivity contribution >= 4 is 29.0 Å². The summed E-state index contributed by atoms with van der Waals surface area (Å²) in [5.74, 6) is 3.19. The first-order valence-corrected chi connectivity index (χ1v) is 5.00. The Balaban J connectivity index is 3.03. The van der Waals surface area contributed by atoms with Crippen LogP contribution in [0.15, 0.2) is 6.07 Å². The zero-order chi connectivity index (χ0) is 11.4. The maximum absolute atomic E-state index is 5.89. The summed E-state index contributed by atoms with van der Waals surface area (Å²) >= 11 is 11.8. The highest BCUT2D eigenvalue weighted by Crippen LogP contribution is 2.30. The Morgan fingerprint density at radius 3 is 2.73 bits per heavy atom. The largest absolute Gasteiger partial charge is 0.460 e. The minimum absolute atomic E-state index is 0.274. The lowest BCUT2D eigenvalue weighted by molar-refractivity contribution is 0.268. The molecular weight excluding hydrogens is 235 g/mol. The maximum atomic E-state index is 5.89. The van der Waals surface area contributed by atoms with Gasteiger partial charge in [0, 0.05) is 7.05 Å². The molecule has 0 amide bonds. The highest BCUT2D eigenvalue weighted by molar-refractivity contribution is 6.36. The first-order chi connectivity index (χ1) is 7.08. The summed E-state index contributed by atoms with van der Waals surface area (Å²) in [6.45, 7) is 1.73.